The molecule has 0 saturated heterocycles. The summed E-state index contributed by atoms with van der Waals surface area (Å²) < 4.78 is 5.62. The zero-order chi connectivity index (χ0) is 12.1. The first-order valence-electron chi connectivity index (χ1n) is 5.12. The molecular formula is C12H16BrNO2. The topological polar surface area (TPSA) is 38.3 Å². The van der Waals surface area contributed by atoms with E-state index < -0.39 is 0 Å². The minimum atomic E-state index is -0.205. The van der Waals surface area contributed by atoms with Gasteiger partial charge in [0.1, 0.15) is 0 Å². The Balaban J connectivity index is 2.62. The van der Waals surface area contributed by atoms with Crippen molar-refractivity contribution in [1.29, 1.82) is 0 Å². The predicted molar refractivity (Wildman–Crippen MR) is 68.6 cm³/mol. The van der Waals surface area contributed by atoms with Gasteiger partial charge in [-0.1, -0.05) is 6.07 Å². The fraction of sp³-hybridized carbons (Fsp3) is 0.417. The van der Waals surface area contributed by atoms with E-state index in [1.165, 1.54) is 12.7 Å². The van der Waals surface area contributed by atoms with Crippen LogP contribution in [0, 0.1) is 6.92 Å². The highest BCUT2D eigenvalue weighted by Gasteiger charge is 2.10. The second-order valence-electron chi connectivity index (χ2n) is 3.81. The molecule has 3 nitrogen and oxygen atoms in total. The van der Waals surface area contributed by atoms with E-state index in [0.717, 1.165) is 10.2 Å². The van der Waals surface area contributed by atoms with Crippen molar-refractivity contribution in [1.82, 2.24) is 0 Å². The van der Waals surface area contributed by atoms with Crippen LogP contribution in [0.5, 0.6) is 0 Å². The van der Waals surface area contributed by atoms with Gasteiger partial charge < -0.3 is 10.1 Å². The van der Waals surface area contributed by atoms with Crippen molar-refractivity contribution >= 4 is 27.6 Å². The van der Waals surface area contributed by atoms with E-state index in [9.17, 15) is 4.79 Å². The van der Waals surface area contributed by atoms with Gasteiger partial charge in [0.15, 0.2) is 0 Å². The molecule has 0 aliphatic rings. The molecule has 0 aromatic heterocycles. The van der Waals surface area contributed by atoms with Gasteiger partial charge in [0.2, 0.25) is 0 Å². The maximum absolute atomic E-state index is 11.1. The molecule has 4 heteroatoms. The van der Waals surface area contributed by atoms with E-state index in [4.69, 9.17) is 0 Å². The molecule has 1 aromatic carbocycles. The van der Waals surface area contributed by atoms with Gasteiger partial charge in [-0.05, 0) is 47.5 Å². The van der Waals surface area contributed by atoms with E-state index >= 15 is 0 Å². The lowest BCUT2D eigenvalue weighted by Gasteiger charge is -2.15. The summed E-state index contributed by atoms with van der Waals surface area (Å²) in [5, 5.41) is 3.25. The second kappa shape index (κ2) is 5.89. The summed E-state index contributed by atoms with van der Waals surface area (Å²) in [6, 6.07) is 6.10. The van der Waals surface area contributed by atoms with Crippen LogP contribution in [-0.4, -0.2) is 19.1 Å². The van der Waals surface area contributed by atoms with E-state index in [1.54, 1.807) is 0 Å². The molecule has 0 heterocycles. The first-order valence-corrected chi connectivity index (χ1v) is 5.91. The molecule has 88 valence electrons. The van der Waals surface area contributed by atoms with Crippen molar-refractivity contribution < 1.29 is 9.53 Å². The number of anilines is 1. The average Bonchev–Trinajstić information content (AvgIpc) is 2.22. The van der Waals surface area contributed by atoms with Crippen LogP contribution in [0.3, 0.4) is 0 Å². The minimum absolute atomic E-state index is 0.0476. The number of ether oxygens (including phenoxy) is 1. The Bertz CT molecular complexity index is 379. The summed E-state index contributed by atoms with van der Waals surface area (Å²) in [6.45, 7) is 3.98. The largest absolute Gasteiger partial charge is 0.469 e. The van der Waals surface area contributed by atoms with Gasteiger partial charge in [-0.15, -0.1) is 0 Å². The van der Waals surface area contributed by atoms with Crippen LogP contribution in [0.4, 0.5) is 5.69 Å². The number of rotatable bonds is 4. The zero-order valence-electron chi connectivity index (χ0n) is 9.71. The number of benzene rings is 1. The van der Waals surface area contributed by atoms with Gasteiger partial charge in [-0.3, -0.25) is 4.79 Å². The van der Waals surface area contributed by atoms with Gasteiger partial charge >= 0.3 is 5.97 Å². The fourth-order valence-electron chi connectivity index (χ4n) is 1.39. The number of carbonyl (C=O) groups is 1. The standard InChI is InChI=1S/C12H16BrNO2/c1-8-4-5-11(10(13)6-8)14-9(2)7-12(15)16-3/h4-6,9,14H,7H2,1-3H3. The highest BCUT2D eigenvalue weighted by molar-refractivity contribution is 9.10. The van der Waals surface area contributed by atoms with E-state index in [-0.39, 0.29) is 12.0 Å². The van der Waals surface area contributed by atoms with Crippen molar-refractivity contribution in [2.45, 2.75) is 26.3 Å². The highest BCUT2D eigenvalue weighted by atomic mass is 79.9. The zero-order valence-corrected chi connectivity index (χ0v) is 11.3. The summed E-state index contributed by atoms with van der Waals surface area (Å²) in [6.07, 6.45) is 0.358. The number of hydrogen-bond acceptors (Lipinski definition) is 3. The van der Waals surface area contributed by atoms with Crippen molar-refractivity contribution in [3.8, 4) is 0 Å². The summed E-state index contributed by atoms with van der Waals surface area (Å²) in [7, 11) is 1.40. The number of carbonyl (C=O) groups excluding carboxylic acids is 1. The Morgan fingerprint density at radius 1 is 1.56 bits per heavy atom. The average molecular weight is 286 g/mol. The number of esters is 1. The highest BCUT2D eigenvalue weighted by Crippen LogP contribution is 2.24. The van der Waals surface area contributed by atoms with E-state index in [1.807, 2.05) is 32.0 Å². The van der Waals surface area contributed by atoms with Crippen LogP contribution < -0.4 is 5.32 Å². The van der Waals surface area contributed by atoms with Crippen molar-refractivity contribution in [3.63, 3.8) is 0 Å². The molecule has 1 rings (SSSR count). The smallest absolute Gasteiger partial charge is 0.307 e. The Labute approximate surface area is 104 Å². The third-order valence-corrected chi connectivity index (χ3v) is 2.88. The van der Waals surface area contributed by atoms with Crippen molar-refractivity contribution in [2.75, 3.05) is 12.4 Å². The van der Waals surface area contributed by atoms with Crippen LogP contribution in [0.15, 0.2) is 22.7 Å². The molecule has 0 saturated carbocycles. The van der Waals surface area contributed by atoms with Crippen LogP contribution >= 0.6 is 15.9 Å². The summed E-state index contributed by atoms with van der Waals surface area (Å²) in [4.78, 5) is 11.1. The van der Waals surface area contributed by atoms with Gasteiger partial charge in [0, 0.05) is 16.2 Å². The second-order valence-corrected chi connectivity index (χ2v) is 4.66. The van der Waals surface area contributed by atoms with Crippen molar-refractivity contribution in [3.05, 3.63) is 28.2 Å². The summed E-state index contributed by atoms with van der Waals surface area (Å²) in [5.74, 6) is -0.205. The minimum Gasteiger partial charge on any atom is -0.469 e. The molecule has 0 amide bonds. The molecule has 16 heavy (non-hydrogen) atoms. The molecule has 0 spiro atoms. The number of methoxy groups -OCH3 is 1. The van der Waals surface area contributed by atoms with Crippen LogP contribution in [0.1, 0.15) is 18.9 Å². The summed E-state index contributed by atoms with van der Waals surface area (Å²) in [5.41, 5.74) is 2.18. The van der Waals surface area contributed by atoms with Gasteiger partial charge in [0.05, 0.1) is 13.5 Å². The van der Waals surface area contributed by atoms with E-state index in [2.05, 4.69) is 26.0 Å². The molecular weight excluding hydrogens is 270 g/mol. The number of hydrogen-bond donors (Lipinski definition) is 1. The third-order valence-electron chi connectivity index (χ3n) is 2.23. The van der Waals surface area contributed by atoms with E-state index in [0.29, 0.717) is 6.42 Å². The molecule has 1 unspecified atom stereocenters. The lowest BCUT2D eigenvalue weighted by Crippen LogP contribution is -2.20. The Morgan fingerprint density at radius 3 is 2.81 bits per heavy atom. The lowest BCUT2D eigenvalue weighted by atomic mass is 10.2. The SMILES string of the molecule is COC(=O)CC(C)Nc1ccc(C)cc1Br. The summed E-state index contributed by atoms with van der Waals surface area (Å²) >= 11 is 3.48. The van der Waals surface area contributed by atoms with Gasteiger partial charge in [-0.2, -0.15) is 0 Å². The molecule has 0 aliphatic heterocycles. The maximum Gasteiger partial charge on any atom is 0.307 e. The van der Waals surface area contributed by atoms with Crippen LogP contribution in [-0.2, 0) is 9.53 Å². The Morgan fingerprint density at radius 2 is 2.25 bits per heavy atom. The quantitative estimate of drug-likeness (QED) is 0.864. The molecule has 0 bridgehead atoms. The normalized spacial score (nSPS) is 12.0. The Hall–Kier alpha value is -1.03. The Kier molecular flexibility index (Phi) is 4.80. The fourth-order valence-corrected chi connectivity index (χ4v) is 1.99. The predicted octanol–water partition coefficient (Wildman–Crippen LogP) is 3.12. The van der Waals surface area contributed by atoms with Gasteiger partial charge in [-0.25, -0.2) is 0 Å². The van der Waals surface area contributed by atoms with Crippen LogP contribution in [0.2, 0.25) is 0 Å². The maximum atomic E-state index is 11.1. The van der Waals surface area contributed by atoms with Crippen molar-refractivity contribution in [2.24, 2.45) is 0 Å². The lowest BCUT2D eigenvalue weighted by molar-refractivity contribution is -0.140. The molecule has 1 aromatic rings. The number of nitrogens with one attached hydrogen (secondary N) is 1. The molecule has 1 atom stereocenters. The molecule has 0 aliphatic carbocycles. The molecule has 0 fully saturated rings. The third kappa shape index (κ3) is 3.85. The molecule has 1 N–H and O–H groups in total. The number of halogens is 1. The first-order chi connectivity index (χ1) is 7.52. The van der Waals surface area contributed by atoms with Crippen LogP contribution in [0.25, 0.3) is 0 Å². The number of aryl methyl sites for hydroxylation is 1. The molecule has 0 radical (unpaired) electrons. The monoisotopic (exact) mass is 285 g/mol. The first kappa shape index (κ1) is 13.0. The van der Waals surface area contributed by atoms with Gasteiger partial charge in [0.25, 0.3) is 0 Å².